The highest BCUT2D eigenvalue weighted by molar-refractivity contribution is 7.09. The van der Waals surface area contributed by atoms with Gasteiger partial charge in [-0.15, -0.1) is 11.3 Å². The smallest absolute Gasteiger partial charge is 0.383 e. The summed E-state index contributed by atoms with van der Waals surface area (Å²) in [6.45, 7) is 0. The van der Waals surface area contributed by atoms with Gasteiger partial charge in [0.1, 0.15) is 27.8 Å². The molecule has 0 saturated heterocycles. The van der Waals surface area contributed by atoms with E-state index in [0.717, 1.165) is 22.8 Å². The third kappa shape index (κ3) is 4.35. The quantitative estimate of drug-likeness (QED) is 0.387. The van der Waals surface area contributed by atoms with Crippen LogP contribution in [0.5, 0.6) is 0 Å². The highest BCUT2D eigenvalue weighted by Crippen LogP contribution is 2.57. The average molecular weight is 544 g/mol. The molecule has 0 bridgehead atoms. The molecule has 7 nitrogen and oxygen atoms in total. The van der Waals surface area contributed by atoms with Crippen molar-refractivity contribution < 1.29 is 27.5 Å². The third-order valence-electron chi connectivity index (χ3n) is 7.14. The monoisotopic (exact) mass is 543 g/mol. The Bertz CT molecular complexity index is 1330. The summed E-state index contributed by atoms with van der Waals surface area (Å²) in [7, 11) is 1.62. The maximum absolute atomic E-state index is 13.5. The first-order valence-corrected chi connectivity index (χ1v) is 12.5. The summed E-state index contributed by atoms with van der Waals surface area (Å²) in [5, 5.41) is 19.2. The van der Waals surface area contributed by atoms with Crippen molar-refractivity contribution in [3.05, 3.63) is 56.4 Å². The average Bonchev–Trinajstić information content (AvgIpc) is 3.53. The Kier molecular flexibility index (Phi) is 6.04. The van der Waals surface area contributed by atoms with E-state index < -0.39 is 29.2 Å². The number of anilines is 2. The van der Waals surface area contributed by atoms with Gasteiger partial charge in [-0.1, -0.05) is 11.6 Å². The minimum absolute atomic E-state index is 0.0354. The molecule has 3 aromatic rings. The van der Waals surface area contributed by atoms with Crippen LogP contribution in [0.1, 0.15) is 58.4 Å². The van der Waals surface area contributed by atoms with E-state index in [9.17, 15) is 27.5 Å². The summed E-state index contributed by atoms with van der Waals surface area (Å²) >= 11 is 6.64. The Hall–Kier alpha value is -2.70. The number of thiazole rings is 1. The molecule has 1 amide bonds. The Morgan fingerprint density at radius 2 is 1.97 bits per heavy atom. The van der Waals surface area contributed by atoms with Gasteiger partial charge in [0.15, 0.2) is 5.69 Å². The number of halogens is 5. The number of hydrogen-bond acceptors (Lipinski definition) is 6. The Labute approximate surface area is 212 Å². The van der Waals surface area contributed by atoms with E-state index >= 15 is 0 Å². The molecule has 2 aromatic heterocycles. The first-order valence-electron chi connectivity index (χ1n) is 11.2. The van der Waals surface area contributed by atoms with Crippen LogP contribution in [0.15, 0.2) is 23.6 Å². The number of hydrogen-bond donors (Lipinski definition) is 3. The summed E-state index contributed by atoms with van der Waals surface area (Å²) in [6.07, 6.45) is -2.78. The molecule has 2 heterocycles. The van der Waals surface area contributed by atoms with Crippen LogP contribution >= 0.6 is 22.9 Å². The molecule has 13 heteroatoms. The number of benzene rings is 1. The number of carbonyl (C=O) groups is 1. The van der Waals surface area contributed by atoms with E-state index in [1.54, 1.807) is 7.05 Å². The fourth-order valence-corrected chi connectivity index (χ4v) is 6.65. The molecule has 2 saturated carbocycles. The van der Waals surface area contributed by atoms with E-state index in [2.05, 4.69) is 15.4 Å². The zero-order chi connectivity index (χ0) is 26.0. The summed E-state index contributed by atoms with van der Waals surface area (Å²) in [5.41, 5.74) is 4.81. The van der Waals surface area contributed by atoms with Crippen molar-refractivity contribution in [2.45, 2.75) is 43.4 Å². The molecule has 2 aliphatic rings. The summed E-state index contributed by atoms with van der Waals surface area (Å²) < 4.78 is 53.8. The number of nitrogen functional groups attached to an aromatic ring is 1. The van der Waals surface area contributed by atoms with Gasteiger partial charge in [0.25, 0.3) is 5.91 Å². The molecule has 4 N–H and O–H groups in total. The first kappa shape index (κ1) is 25.0. The predicted molar refractivity (Wildman–Crippen MR) is 126 cm³/mol. The molecular formula is C23H22ClF4N5O2S. The van der Waals surface area contributed by atoms with Gasteiger partial charge >= 0.3 is 6.18 Å². The van der Waals surface area contributed by atoms with Crippen LogP contribution < -0.4 is 11.1 Å². The summed E-state index contributed by atoms with van der Waals surface area (Å²) in [5.74, 6) is -0.990. The fourth-order valence-electron chi connectivity index (χ4n) is 5.52. The summed E-state index contributed by atoms with van der Waals surface area (Å²) in [6, 6.07) is 3.82. The maximum atomic E-state index is 13.5. The number of nitrogens with one attached hydrogen (secondary N) is 1. The Balaban J connectivity index is 1.34. The minimum atomic E-state index is -4.56. The van der Waals surface area contributed by atoms with E-state index in [1.165, 1.54) is 16.8 Å². The largest absolute Gasteiger partial charge is 0.434 e. The van der Waals surface area contributed by atoms with Crippen molar-refractivity contribution in [1.82, 2.24) is 14.8 Å². The molecular weight excluding hydrogens is 522 g/mol. The highest BCUT2D eigenvalue weighted by Gasteiger charge is 2.52. The number of carbonyl (C=O) groups excluding carboxylic acids is 1. The molecule has 5 rings (SSSR count). The number of aromatic nitrogens is 3. The van der Waals surface area contributed by atoms with E-state index in [-0.39, 0.29) is 52.0 Å². The second-order valence-electron chi connectivity index (χ2n) is 9.52. The number of rotatable bonds is 4. The molecule has 2 aliphatic carbocycles. The van der Waals surface area contributed by atoms with Crippen LogP contribution in [0.25, 0.3) is 0 Å². The first-order chi connectivity index (χ1) is 16.9. The lowest BCUT2D eigenvalue weighted by molar-refractivity contribution is -0.141. The number of alkyl halides is 3. The zero-order valence-electron chi connectivity index (χ0n) is 18.9. The number of nitrogens with two attached hydrogens (primary N) is 1. The van der Waals surface area contributed by atoms with Crippen LogP contribution in [0, 0.1) is 17.7 Å². The van der Waals surface area contributed by atoms with Gasteiger partial charge in [0.05, 0.1) is 10.7 Å². The predicted octanol–water partition coefficient (Wildman–Crippen LogP) is 5.31. The molecule has 192 valence electrons. The van der Waals surface area contributed by atoms with Crippen LogP contribution in [0.3, 0.4) is 0 Å². The topological polar surface area (TPSA) is 106 Å². The van der Waals surface area contributed by atoms with Gasteiger partial charge in [-0.25, -0.2) is 9.37 Å². The number of aliphatic hydroxyl groups is 1. The van der Waals surface area contributed by atoms with Crippen LogP contribution in [-0.4, -0.2) is 25.8 Å². The summed E-state index contributed by atoms with van der Waals surface area (Å²) in [4.78, 5) is 16.8. The van der Waals surface area contributed by atoms with Crippen LogP contribution in [-0.2, 0) is 18.8 Å². The molecule has 0 aliphatic heterocycles. The molecule has 36 heavy (non-hydrogen) atoms. The van der Waals surface area contributed by atoms with Gasteiger partial charge in [0, 0.05) is 24.0 Å². The molecule has 2 fully saturated rings. The van der Waals surface area contributed by atoms with Crippen molar-refractivity contribution in [2.75, 3.05) is 11.1 Å². The Morgan fingerprint density at radius 3 is 2.56 bits per heavy atom. The lowest BCUT2D eigenvalue weighted by Gasteiger charge is -2.22. The second kappa shape index (κ2) is 8.70. The van der Waals surface area contributed by atoms with Crippen molar-refractivity contribution in [3.8, 4) is 0 Å². The SMILES string of the molecule is Cn1nc(C2CC3CC(O)(c4nc(C(F)(F)F)cs4)CC3C2)c(C(=O)Nc2ccc(F)c(Cl)c2)c1N. The van der Waals surface area contributed by atoms with Gasteiger partial charge in [-0.3, -0.25) is 9.48 Å². The molecule has 0 spiro atoms. The third-order valence-corrected chi connectivity index (χ3v) is 8.47. The lowest BCUT2D eigenvalue weighted by Crippen LogP contribution is -2.23. The standard InChI is InChI=1S/C23H22ClF4N5O2S/c1-33-19(29)17(20(34)30-13-2-3-15(25)14(24)6-13)18(32-33)10-4-11-7-22(35,8-12(11)5-10)21-31-16(9-36-21)23(26,27)28/h2-3,6,9-12,35H,4-5,7-8,29H2,1H3,(H,30,34). The van der Waals surface area contributed by atoms with Gasteiger partial charge in [0.2, 0.25) is 0 Å². The number of fused-ring (bicyclic) bond motifs is 1. The fraction of sp³-hybridized carbons (Fsp3) is 0.435. The van der Waals surface area contributed by atoms with Crippen molar-refractivity contribution in [1.29, 1.82) is 0 Å². The Morgan fingerprint density at radius 1 is 1.31 bits per heavy atom. The molecule has 2 unspecified atom stereocenters. The lowest BCUT2D eigenvalue weighted by atomic mass is 9.92. The number of nitrogens with zero attached hydrogens (tertiary/aromatic N) is 3. The van der Waals surface area contributed by atoms with Gasteiger partial charge in [-0.2, -0.15) is 18.3 Å². The van der Waals surface area contributed by atoms with E-state index in [1.807, 2.05) is 0 Å². The van der Waals surface area contributed by atoms with Crippen molar-refractivity contribution in [2.24, 2.45) is 18.9 Å². The highest BCUT2D eigenvalue weighted by atomic mass is 35.5. The van der Waals surface area contributed by atoms with E-state index in [0.29, 0.717) is 24.2 Å². The maximum Gasteiger partial charge on any atom is 0.434 e. The van der Waals surface area contributed by atoms with E-state index in [4.69, 9.17) is 17.3 Å². The second-order valence-corrected chi connectivity index (χ2v) is 10.8. The van der Waals surface area contributed by atoms with Crippen molar-refractivity contribution >= 4 is 40.4 Å². The van der Waals surface area contributed by atoms with Crippen molar-refractivity contribution in [3.63, 3.8) is 0 Å². The van der Waals surface area contributed by atoms with Gasteiger partial charge in [-0.05, 0) is 55.7 Å². The molecule has 1 aromatic carbocycles. The molecule has 0 radical (unpaired) electrons. The normalized spacial score (nSPS) is 25.8. The number of amides is 1. The number of aryl methyl sites for hydroxylation is 1. The van der Waals surface area contributed by atoms with Crippen LogP contribution in [0.2, 0.25) is 5.02 Å². The van der Waals surface area contributed by atoms with Gasteiger partial charge < -0.3 is 16.2 Å². The minimum Gasteiger partial charge on any atom is -0.383 e. The zero-order valence-corrected chi connectivity index (χ0v) is 20.5. The molecule has 2 atom stereocenters. The van der Waals surface area contributed by atoms with Crippen LogP contribution in [0.4, 0.5) is 29.1 Å².